The van der Waals surface area contributed by atoms with Crippen molar-refractivity contribution in [3.05, 3.63) is 0 Å². The molecule has 1 amide bonds. The summed E-state index contributed by atoms with van der Waals surface area (Å²) in [7, 11) is -10.9. The van der Waals surface area contributed by atoms with Crippen LogP contribution in [0, 0.1) is 0 Å². The monoisotopic (exact) mass is 733 g/mol. The zero-order valence-electron chi connectivity index (χ0n) is 23.4. The van der Waals surface area contributed by atoms with Crippen LogP contribution in [0.25, 0.3) is 0 Å². The minimum Gasteiger partial charge on any atom is -0.479 e. The summed E-state index contributed by atoms with van der Waals surface area (Å²) in [5.41, 5.74) is 0. The highest BCUT2D eigenvalue weighted by Gasteiger charge is 2.56. The fraction of sp³-hybridized carbons (Fsp3) is 0.850. The first-order chi connectivity index (χ1) is 21.5. The molecular formula is C20H31NO24S2. The van der Waals surface area contributed by atoms with Crippen molar-refractivity contribution in [2.45, 2.75) is 99.0 Å². The Hall–Kier alpha value is -2.29. The lowest BCUT2D eigenvalue weighted by atomic mass is 9.94. The van der Waals surface area contributed by atoms with E-state index in [4.69, 9.17) is 28.2 Å². The number of carbonyl (C=O) groups is 3. The van der Waals surface area contributed by atoms with Gasteiger partial charge in [-0.1, -0.05) is 0 Å². The third-order valence-electron chi connectivity index (χ3n) is 6.84. The van der Waals surface area contributed by atoms with Crippen LogP contribution in [-0.2, 0) is 67.2 Å². The van der Waals surface area contributed by atoms with Gasteiger partial charge in [-0.25, -0.2) is 18.0 Å². The predicted octanol–water partition coefficient (Wildman–Crippen LogP) is -7.59. The lowest BCUT2D eigenvalue weighted by Gasteiger charge is -2.48. The molecule has 0 bridgehead atoms. The van der Waals surface area contributed by atoms with E-state index in [9.17, 15) is 76.6 Å². The van der Waals surface area contributed by atoms with E-state index in [2.05, 4.69) is 13.7 Å². The Morgan fingerprint density at radius 3 is 1.74 bits per heavy atom. The van der Waals surface area contributed by atoms with Crippen LogP contribution in [0.4, 0.5) is 0 Å². The first-order valence-electron chi connectivity index (χ1n) is 12.9. The molecule has 3 aliphatic heterocycles. The fourth-order valence-corrected chi connectivity index (χ4v) is 5.58. The van der Waals surface area contributed by atoms with Crippen molar-refractivity contribution in [2.75, 3.05) is 6.61 Å². The molecule has 0 aromatic rings. The molecular weight excluding hydrogens is 702 g/mol. The molecule has 0 spiro atoms. The Morgan fingerprint density at radius 2 is 1.23 bits per heavy atom. The van der Waals surface area contributed by atoms with Crippen molar-refractivity contribution < 1.29 is 113 Å². The van der Waals surface area contributed by atoms with E-state index in [0.717, 1.165) is 6.92 Å². The Morgan fingerprint density at radius 1 is 0.681 bits per heavy atom. The summed E-state index contributed by atoms with van der Waals surface area (Å²) in [5.74, 6) is -4.80. The maximum atomic E-state index is 12.1. The van der Waals surface area contributed by atoms with Gasteiger partial charge in [-0.05, 0) is 0 Å². The van der Waals surface area contributed by atoms with Gasteiger partial charge < -0.3 is 69.9 Å². The molecule has 25 nitrogen and oxygen atoms in total. The highest BCUT2D eigenvalue weighted by atomic mass is 32.3. The molecule has 0 radical (unpaired) electrons. The first kappa shape index (κ1) is 39.2. The van der Waals surface area contributed by atoms with Crippen LogP contribution in [0.3, 0.4) is 0 Å². The lowest BCUT2D eigenvalue weighted by Crippen LogP contribution is -2.69. The van der Waals surface area contributed by atoms with Gasteiger partial charge in [0, 0.05) is 6.92 Å². The number of carbonyl (C=O) groups excluding carboxylic acids is 1. The van der Waals surface area contributed by atoms with Crippen molar-refractivity contribution in [3.63, 3.8) is 0 Å². The van der Waals surface area contributed by atoms with Gasteiger partial charge in [0.25, 0.3) is 0 Å². The summed E-state index contributed by atoms with van der Waals surface area (Å²) in [6.45, 7) is -0.494. The van der Waals surface area contributed by atoms with Gasteiger partial charge in [0.15, 0.2) is 37.2 Å². The molecule has 3 aliphatic rings. The maximum absolute atomic E-state index is 12.1. The molecule has 0 saturated carbocycles. The topological polar surface area (TPSA) is 398 Å². The van der Waals surface area contributed by atoms with Crippen LogP contribution in [0.1, 0.15) is 6.92 Å². The van der Waals surface area contributed by atoms with E-state index < -0.39 is 137 Å². The molecule has 272 valence electrons. The molecule has 3 fully saturated rings. The van der Waals surface area contributed by atoms with Crippen LogP contribution in [0.15, 0.2) is 0 Å². The average molecular weight is 734 g/mol. The van der Waals surface area contributed by atoms with E-state index in [1.807, 2.05) is 0 Å². The third kappa shape index (κ3) is 9.66. The normalized spacial score (nSPS) is 41.6. The number of amides is 1. The van der Waals surface area contributed by atoms with Crippen molar-refractivity contribution in [2.24, 2.45) is 0 Å². The summed E-state index contributed by atoms with van der Waals surface area (Å²) < 4.78 is 98.4. The summed E-state index contributed by atoms with van der Waals surface area (Å²) in [4.78, 5) is 35.4. The molecule has 47 heavy (non-hydrogen) atoms. The second kappa shape index (κ2) is 15.1. The Labute approximate surface area is 263 Å². The van der Waals surface area contributed by atoms with Gasteiger partial charge in [-0.15, -0.1) is 0 Å². The zero-order valence-corrected chi connectivity index (χ0v) is 25.0. The van der Waals surface area contributed by atoms with Crippen molar-refractivity contribution in [3.8, 4) is 0 Å². The van der Waals surface area contributed by atoms with E-state index >= 15 is 0 Å². The number of aliphatic carboxylic acids is 2. The highest BCUT2D eigenvalue weighted by Crippen LogP contribution is 2.34. The van der Waals surface area contributed by atoms with Crippen LogP contribution in [0.2, 0.25) is 0 Å². The van der Waals surface area contributed by atoms with Crippen LogP contribution in [-0.4, -0.2) is 183 Å². The van der Waals surface area contributed by atoms with Crippen molar-refractivity contribution in [1.82, 2.24) is 5.32 Å². The molecule has 3 rings (SSSR count). The quantitative estimate of drug-likeness (QED) is 0.0829. The Bertz CT molecular complexity index is 1360. The Balaban J connectivity index is 2.04. The minimum atomic E-state index is -5.53. The van der Waals surface area contributed by atoms with Crippen LogP contribution < -0.4 is 5.32 Å². The predicted molar refractivity (Wildman–Crippen MR) is 135 cm³/mol. The molecule has 1 unspecified atom stereocenters. The summed E-state index contributed by atoms with van der Waals surface area (Å²) in [6, 6.07) is -1.97. The SMILES string of the molecule is CC(=O)N[C@H]1[C@@H](O[C@H]2[C@H](O)[C@@H](O)C(O)O[C@@H]2C(=O)O)O[C@H](COS(=O)(=O)O)[C@@H](O[C@@H]2O[C@H](C(=O)O)[C@@H](O)[C@H](O)[C@H]2OS(=O)(=O)O)[C@@H]1O. The van der Waals surface area contributed by atoms with Gasteiger partial charge in [-0.3, -0.25) is 13.9 Å². The summed E-state index contributed by atoms with van der Waals surface area (Å²) in [5, 5.41) is 82.9. The number of rotatable bonds is 12. The number of carboxylic acids is 2. The van der Waals surface area contributed by atoms with Gasteiger partial charge in [-0.2, -0.15) is 16.8 Å². The van der Waals surface area contributed by atoms with Gasteiger partial charge in [0.05, 0.1) is 6.61 Å². The van der Waals surface area contributed by atoms with Gasteiger partial charge >= 0.3 is 32.7 Å². The lowest BCUT2D eigenvalue weighted by molar-refractivity contribution is -0.358. The maximum Gasteiger partial charge on any atom is 0.397 e. The Kier molecular flexibility index (Phi) is 12.6. The molecule has 0 aromatic carbocycles. The first-order valence-corrected chi connectivity index (χ1v) is 15.6. The molecule has 11 N–H and O–H groups in total. The fourth-order valence-electron chi connectivity index (χ4n) is 4.78. The van der Waals surface area contributed by atoms with E-state index in [0.29, 0.717) is 0 Å². The number of hydrogen-bond donors (Lipinski definition) is 11. The number of nitrogens with one attached hydrogen (secondary N) is 1. The molecule has 15 atom stereocenters. The smallest absolute Gasteiger partial charge is 0.397 e. The number of aliphatic hydroxyl groups excluding tert-OH is 6. The largest absolute Gasteiger partial charge is 0.479 e. The second-order valence-corrected chi connectivity index (χ2v) is 12.3. The molecule has 27 heteroatoms. The summed E-state index contributed by atoms with van der Waals surface area (Å²) in [6.07, 6.45) is -32.3. The van der Waals surface area contributed by atoms with Crippen LogP contribution in [0.5, 0.6) is 0 Å². The number of hydrogen-bond acceptors (Lipinski definition) is 20. The van der Waals surface area contributed by atoms with E-state index in [1.54, 1.807) is 0 Å². The molecule has 3 heterocycles. The molecule has 0 aromatic heterocycles. The van der Waals surface area contributed by atoms with Gasteiger partial charge in [0.2, 0.25) is 5.91 Å². The van der Waals surface area contributed by atoms with Crippen LogP contribution >= 0.6 is 0 Å². The number of carboxylic acid groups (broad SMARTS) is 2. The number of aliphatic hydroxyl groups is 6. The third-order valence-corrected chi connectivity index (χ3v) is 7.73. The van der Waals surface area contributed by atoms with Gasteiger partial charge in [0.1, 0.15) is 54.9 Å². The standard InChI is InChI=1S/C20H31NO24S2/c1-3(22)21-5-6(23)11(42-20-14(45-47(36,37)38)8(25)7(24)13(44-20)16(28)29)4(2-39-46(33,34)35)40-19(5)43-12-9(26)10(27)18(32)41-15(12)17(30)31/h4-15,18-20,23-27,32H,2H2,1H3,(H,21,22)(H,28,29)(H,30,31)(H,33,34,35)(H,36,37,38)/t4-,5-,6-,7+,8+,9-,10-,11-,12+,13+,14-,15+,18?,19-,20-/m1/s1. The van der Waals surface area contributed by atoms with Crippen molar-refractivity contribution >= 4 is 38.6 Å². The van der Waals surface area contributed by atoms with E-state index in [-0.39, 0.29) is 0 Å². The average Bonchev–Trinajstić information content (AvgIpc) is 2.93. The second-order valence-electron chi connectivity index (χ2n) is 10.2. The number of ether oxygens (including phenoxy) is 5. The van der Waals surface area contributed by atoms with E-state index in [1.165, 1.54) is 0 Å². The zero-order chi connectivity index (χ0) is 35.8. The molecule has 3 saturated heterocycles. The minimum absolute atomic E-state index is 0.876. The molecule has 0 aliphatic carbocycles. The summed E-state index contributed by atoms with van der Waals surface area (Å²) >= 11 is 0. The van der Waals surface area contributed by atoms with Crippen molar-refractivity contribution in [1.29, 1.82) is 0 Å². The highest BCUT2D eigenvalue weighted by molar-refractivity contribution is 7.81.